The van der Waals surface area contributed by atoms with Crippen LogP contribution in [-0.4, -0.2) is 9.78 Å². The fraction of sp³-hybridized carbons (Fsp3) is 0.400. The molecule has 3 nitrogen and oxygen atoms in total. The van der Waals surface area contributed by atoms with Gasteiger partial charge in [-0.15, -0.1) is 0 Å². The first kappa shape index (κ1) is 12.7. The molecule has 0 aliphatic heterocycles. The maximum absolute atomic E-state index is 6.15. The van der Waals surface area contributed by atoms with E-state index in [9.17, 15) is 0 Å². The van der Waals surface area contributed by atoms with Crippen LogP contribution >= 0.6 is 0 Å². The lowest BCUT2D eigenvalue weighted by molar-refractivity contribution is 0.412. The van der Waals surface area contributed by atoms with Crippen LogP contribution in [0.1, 0.15) is 26.3 Å². The number of aryl methyl sites for hydroxylation is 1. The summed E-state index contributed by atoms with van der Waals surface area (Å²) >= 11 is 0. The van der Waals surface area contributed by atoms with Gasteiger partial charge in [-0.25, -0.2) is 0 Å². The summed E-state index contributed by atoms with van der Waals surface area (Å²) < 4.78 is 1.80. The molecule has 1 aromatic carbocycles. The summed E-state index contributed by atoms with van der Waals surface area (Å²) in [5, 5.41) is 4.18. The summed E-state index contributed by atoms with van der Waals surface area (Å²) in [5.74, 6) is 0. The Hall–Kier alpha value is -1.77. The van der Waals surface area contributed by atoms with Crippen molar-refractivity contribution in [3.63, 3.8) is 0 Å². The third-order valence-corrected chi connectivity index (χ3v) is 2.90. The lowest BCUT2D eigenvalue weighted by atomic mass is 9.87. The zero-order valence-corrected chi connectivity index (χ0v) is 11.6. The summed E-state index contributed by atoms with van der Waals surface area (Å²) in [7, 11) is 1.92. The summed E-state index contributed by atoms with van der Waals surface area (Å²) in [4.78, 5) is 0. The van der Waals surface area contributed by atoms with Crippen molar-refractivity contribution in [1.82, 2.24) is 9.78 Å². The molecule has 0 aliphatic rings. The molecule has 0 radical (unpaired) electrons. The van der Waals surface area contributed by atoms with Gasteiger partial charge in [0, 0.05) is 24.5 Å². The van der Waals surface area contributed by atoms with E-state index < -0.39 is 0 Å². The molecular formula is C15H21N3. The van der Waals surface area contributed by atoms with E-state index in [0.717, 1.165) is 23.2 Å². The topological polar surface area (TPSA) is 43.8 Å². The Balaban J connectivity index is 2.30. The number of benzene rings is 1. The van der Waals surface area contributed by atoms with Crippen molar-refractivity contribution in [2.75, 3.05) is 5.73 Å². The number of rotatable bonds is 2. The van der Waals surface area contributed by atoms with Crippen LogP contribution in [-0.2, 0) is 13.5 Å². The van der Waals surface area contributed by atoms with E-state index >= 15 is 0 Å². The van der Waals surface area contributed by atoms with Crippen LogP contribution in [0.4, 0.5) is 5.69 Å². The molecule has 0 unspecified atom stereocenters. The minimum atomic E-state index is 0.254. The molecule has 2 aromatic rings. The van der Waals surface area contributed by atoms with Gasteiger partial charge in [-0.3, -0.25) is 4.68 Å². The quantitative estimate of drug-likeness (QED) is 0.823. The summed E-state index contributed by atoms with van der Waals surface area (Å²) in [5.41, 5.74) is 10.7. The van der Waals surface area contributed by atoms with Gasteiger partial charge in [0.05, 0.1) is 6.20 Å². The minimum absolute atomic E-state index is 0.254. The lowest BCUT2D eigenvalue weighted by Gasteiger charge is -2.19. The molecule has 2 N–H and O–H groups in total. The number of nitrogen functional groups attached to an aromatic ring is 1. The number of anilines is 1. The second-order valence-electron chi connectivity index (χ2n) is 6.05. The van der Waals surface area contributed by atoms with Crippen LogP contribution in [0, 0.1) is 5.41 Å². The highest BCUT2D eigenvalue weighted by Gasteiger charge is 2.13. The Morgan fingerprint density at radius 1 is 1.22 bits per heavy atom. The number of hydrogen-bond acceptors (Lipinski definition) is 2. The fourth-order valence-corrected chi connectivity index (χ4v) is 2.08. The van der Waals surface area contributed by atoms with E-state index in [1.54, 1.807) is 4.68 Å². The van der Waals surface area contributed by atoms with Crippen LogP contribution in [0.5, 0.6) is 0 Å². The Labute approximate surface area is 109 Å². The number of aromatic nitrogens is 2. The molecular weight excluding hydrogens is 222 g/mol. The molecule has 1 heterocycles. The van der Waals surface area contributed by atoms with Crippen molar-refractivity contribution in [3.05, 3.63) is 36.2 Å². The van der Waals surface area contributed by atoms with E-state index in [1.165, 1.54) is 5.56 Å². The number of nitrogens with zero attached hydrogens (tertiary/aromatic N) is 2. The first-order chi connectivity index (χ1) is 8.35. The summed E-state index contributed by atoms with van der Waals surface area (Å²) in [6.45, 7) is 6.67. The highest BCUT2D eigenvalue weighted by Crippen LogP contribution is 2.28. The van der Waals surface area contributed by atoms with E-state index in [4.69, 9.17) is 5.73 Å². The highest BCUT2D eigenvalue weighted by atomic mass is 15.2. The zero-order chi connectivity index (χ0) is 13.3. The second kappa shape index (κ2) is 4.48. The predicted molar refractivity (Wildman–Crippen MR) is 76.2 cm³/mol. The average Bonchev–Trinajstić information content (AvgIpc) is 2.66. The van der Waals surface area contributed by atoms with Gasteiger partial charge in [0.1, 0.15) is 0 Å². The molecule has 96 valence electrons. The second-order valence-corrected chi connectivity index (χ2v) is 6.05. The van der Waals surface area contributed by atoms with E-state index in [1.807, 2.05) is 25.5 Å². The van der Waals surface area contributed by atoms with E-state index in [0.29, 0.717) is 0 Å². The molecule has 0 spiro atoms. The average molecular weight is 243 g/mol. The van der Waals surface area contributed by atoms with Gasteiger partial charge in [-0.2, -0.15) is 5.10 Å². The molecule has 0 amide bonds. The van der Waals surface area contributed by atoms with Crippen molar-refractivity contribution in [1.29, 1.82) is 0 Å². The monoisotopic (exact) mass is 243 g/mol. The molecule has 0 atom stereocenters. The summed E-state index contributed by atoms with van der Waals surface area (Å²) in [6.07, 6.45) is 4.85. The van der Waals surface area contributed by atoms with Gasteiger partial charge in [0.25, 0.3) is 0 Å². The summed E-state index contributed by atoms with van der Waals surface area (Å²) in [6, 6.07) is 6.29. The smallest absolute Gasteiger partial charge is 0.0568 e. The van der Waals surface area contributed by atoms with Crippen LogP contribution in [0.2, 0.25) is 0 Å². The largest absolute Gasteiger partial charge is 0.398 e. The molecule has 0 fully saturated rings. The van der Waals surface area contributed by atoms with E-state index in [-0.39, 0.29) is 5.41 Å². The van der Waals surface area contributed by atoms with Crippen molar-refractivity contribution in [2.45, 2.75) is 27.2 Å². The van der Waals surface area contributed by atoms with Crippen LogP contribution in [0.15, 0.2) is 30.6 Å². The van der Waals surface area contributed by atoms with Crippen LogP contribution in [0.25, 0.3) is 11.1 Å². The fourth-order valence-electron chi connectivity index (χ4n) is 2.08. The molecule has 0 bridgehead atoms. The van der Waals surface area contributed by atoms with Crippen molar-refractivity contribution in [2.24, 2.45) is 12.5 Å². The first-order valence-electron chi connectivity index (χ1n) is 6.22. The van der Waals surface area contributed by atoms with Crippen LogP contribution < -0.4 is 5.73 Å². The van der Waals surface area contributed by atoms with Gasteiger partial charge in [0.2, 0.25) is 0 Å². The molecule has 2 rings (SSSR count). The van der Waals surface area contributed by atoms with Crippen molar-refractivity contribution in [3.8, 4) is 11.1 Å². The molecule has 3 heteroatoms. The Morgan fingerprint density at radius 2 is 1.94 bits per heavy atom. The van der Waals surface area contributed by atoms with Gasteiger partial charge >= 0.3 is 0 Å². The Morgan fingerprint density at radius 3 is 2.44 bits per heavy atom. The molecule has 18 heavy (non-hydrogen) atoms. The zero-order valence-electron chi connectivity index (χ0n) is 11.6. The SMILES string of the molecule is Cn1cc(-c2ccc(CC(C)(C)C)c(N)c2)cn1. The van der Waals surface area contributed by atoms with Gasteiger partial charge in [-0.05, 0) is 29.0 Å². The van der Waals surface area contributed by atoms with Gasteiger partial charge < -0.3 is 5.73 Å². The van der Waals surface area contributed by atoms with E-state index in [2.05, 4.69) is 38.0 Å². The standard InChI is InChI=1S/C15H21N3/c1-15(2,3)8-12-6-5-11(7-14(12)16)13-9-17-18(4)10-13/h5-7,9-10H,8,16H2,1-4H3. The molecule has 0 saturated carbocycles. The van der Waals surface area contributed by atoms with Gasteiger partial charge in [-0.1, -0.05) is 32.9 Å². The lowest BCUT2D eigenvalue weighted by Crippen LogP contribution is -2.10. The predicted octanol–water partition coefficient (Wildman–Crippen LogP) is 3.26. The maximum Gasteiger partial charge on any atom is 0.0568 e. The maximum atomic E-state index is 6.15. The Bertz CT molecular complexity index is 547. The number of hydrogen-bond donors (Lipinski definition) is 1. The first-order valence-corrected chi connectivity index (χ1v) is 6.22. The van der Waals surface area contributed by atoms with Crippen molar-refractivity contribution >= 4 is 5.69 Å². The van der Waals surface area contributed by atoms with Crippen LogP contribution in [0.3, 0.4) is 0 Å². The molecule has 0 aliphatic carbocycles. The Kier molecular flexibility index (Phi) is 3.16. The van der Waals surface area contributed by atoms with Crippen molar-refractivity contribution < 1.29 is 0 Å². The van der Waals surface area contributed by atoms with Gasteiger partial charge in [0.15, 0.2) is 0 Å². The minimum Gasteiger partial charge on any atom is -0.398 e. The molecule has 1 aromatic heterocycles. The normalized spacial score (nSPS) is 11.8. The number of nitrogens with two attached hydrogens (primary N) is 1. The molecule has 0 saturated heterocycles. The third kappa shape index (κ3) is 2.92. The highest BCUT2D eigenvalue weighted by molar-refractivity contribution is 5.68. The third-order valence-electron chi connectivity index (χ3n) is 2.90.